The summed E-state index contributed by atoms with van der Waals surface area (Å²) in [6.45, 7) is 0.858. The Hall–Kier alpha value is -1.39. The van der Waals surface area contributed by atoms with Gasteiger partial charge in [0.2, 0.25) is 0 Å². The van der Waals surface area contributed by atoms with Crippen LogP contribution in [0.25, 0.3) is 0 Å². The molecular weight excluding hydrogens is 182 g/mol. The van der Waals surface area contributed by atoms with Crippen LogP contribution in [0.3, 0.4) is 0 Å². The molecule has 1 aliphatic rings. The molecular formula is C9H13N3O2. The minimum Gasteiger partial charge on any atom is -0.481 e. The molecule has 0 aliphatic heterocycles. The van der Waals surface area contributed by atoms with Crippen molar-refractivity contribution < 1.29 is 9.90 Å². The second kappa shape index (κ2) is 3.77. The van der Waals surface area contributed by atoms with Crippen LogP contribution in [0.4, 0.5) is 0 Å². The van der Waals surface area contributed by atoms with Crippen LogP contribution in [0.5, 0.6) is 0 Å². The van der Waals surface area contributed by atoms with E-state index in [0.717, 1.165) is 18.9 Å². The first kappa shape index (κ1) is 9.18. The van der Waals surface area contributed by atoms with E-state index >= 15 is 0 Å². The van der Waals surface area contributed by atoms with Gasteiger partial charge in [-0.1, -0.05) is 18.1 Å². The minimum atomic E-state index is -0.862. The predicted molar refractivity (Wildman–Crippen MR) is 48.7 cm³/mol. The Morgan fingerprint density at radius 2 is 2.43 bits per heavy atom. The molecule has 1 saturated carbocycles. The molecule has 1 fully saturated rings. The average molecular weight is 195 g/mol. The normalized spacial score (nSPS) is 15.7. The third-order valence-corrected chi connectivity index (χ3v) is 2.38. The fourth-order valence-electron chi connectivity index (χ4n) is 1.41. The van der Waals surface area contributed by atoms with Crippen LogP contribution in [0.15, 0.2) is 6.20 Å². The van der Waals surface area contributed by atoms with E-state index in [9.17, 15) is 4.79 Å². The Labute approximate surface area is 81.7 Å². The van der Waals surface area contributed by atoms with Gasteiger partial charge in [-0.05, 0) is 12.3 Å². The van der Waals surface area contributed by atoms with Crippen LogP contribution >= 0.6 is 0 Å². The lowest BCUT2D eigenvalue weighted by molar-refractivity contribution is -0.136. The summed E-state index contributed by atoms with van der Waals surface area (Å²) in [6, 6.07) is 0. The molecule has 0 unspecified atom stereocenters. The van der Waals surface area contributed by atoms with Crippen molar-refractivity contribution in [1.29, 1.82) is 0 Å². The van der Waals surface area contributed by atoms with E-state index in [1.54, 1.807) is 10.9 Å². The Balaban J connectivity index is 1.84. The first-order chi connectivity index (χ1) is 6.74. The summed E-state index contributed by atoms with van der Waals surface area (Å²) in [6.07, 6.45) is 5.48. The van der Waals surface area contributed by atoms with E-state index in [1.807, 2.05) is 0 Å². The van der Waals surface area contributed by atoms with E-state index in [2.05, 4.69) is 10.3 Å². The number of aryl methyl sites for hydroxylation is 1. The summed E-state index contributed by atoms with van der Waals surface area (Å²) in [5.41, 5.74) is 0.535. The first-order valence-electron chi connectivity index (χ1n) is 4.85. The minimum absolute atomic E-state index is 0.0383. The van der Waals surface area contributed by atoms with E-state index in [-0.39, 0.29) is 6.42 Å². The van der Waals surface area contributed by atoms with Gasteiger partial charge in [0.1, 0.15) is 0 Å². The van der Waals surface area contributed by atoms with Crippen molar-refractivity contribution in [2.45, 2.75) is 32.2 Å². The van der Waals surface area contributed by atoms with Crippen molar-refractivity contribution in [1.82, 2.24) is 15.0 Å². The van der Waals surface area contributed by atoms with Gasteiger partial charge < -0.3 is 5.11 Å². The molecule has 1 aromatic rings. The number of carboxylic acid groups (broad SMARTS) is 1. The predicted octanol–water partition coefficient (Wildman–Crippen LogP) is 0.705. The molecule has 76 valence electrons. The molecule has 0 amide bonds. The number of carbonyl (C=O) groups is 1. The number of carboxylic acids is 1. The van der Waals surface area contributed by atoms with Crippen molar-refractivity contribution in [3.63, 3.8) is 0 Å². The summed E-state index contributed by atoms with van der Waals surface area (Å²) >= 11 is 0. The van der Waals surface area contributed by atoms with Crippen LogP contribution in [-0.2, 0) is 17.8 Å². The Bertz CT molecular complexity index is 331. The zero-order chi connectivity index (χ0) is 9.97. The second-order valence-corrected chi connectivity index (χ2v) is 3.78. The van der Waals surface area contributed by atoms with Gasteiger partial charge in [-0.3, -0.25) is 9.48 Å². The maximum Gasteiger partial charge on any atom is 0.309 e. The molecule has 1 N–H and O–H groups in total. The third kappa shape index (κ3) is 2.55. The van der Waals surface area contributed by atoms with Gasteiger partial charge in [-0.25, -0.2) is 0 Å². The molecule has 5 heteroatoms. The number of aromatic nitrogens is 3. The van der Waals surface area contributed by atoms with Crippen LogP contribution in [0, 0.1) is 5.92 Å². The lowest BCUT2D eigenvalue weighted by atomic mass is 10.3. The summed E-state index contributed by atoms with van der Waals surface area (Å²) in [5.74, 6) is 0.00127. The first-order valence-corrected chi connectivity index (χ1v) is 4.85. The second-order valence-electron chi connectivity index (χ2n) is 3.78. The van der Waals surface area contributed by atoms with Gasteiger partial charge in [0.25, 0.3) is 0 Å². The zero-order valence-electron chi connectivity index (χ0n) is 7.89. The highest BCUT2D eigenvalue weighted by atomic mass is 16.4. The van der Waals surface area contributed by atoms with Crippen LogP contribution in [0.1, 0.15) is 25.0 Å². The highest BCUT2D eigenvalue weighted by molar-refractivity contribution is 5.69. The Kier molecular flexibility index (Phi) is 2.47. The molecule has 2 rings (SSSR count). The van der Waals surface area contributed by atoms with Crippen molar-refractivity contribution >= 4 is 5.97 Å². The van der Waals surface area contributed by atoms with E-state index in [4.69, 9.17) is 5.11 Å². The molecule has 0 saturated heterocycles. The molecule has 14 heavy (non-hydrogen) atoms. The van der Waals surface area contributed by atoms with Gasteiger partial charge in [0.15, 0.2) is 0 Å². The molecule has 1 aliphatic carbocycles. The van der Waals surface area contributed by atoms with Crippen LogP contribution in [-0.4, -0.2) is 26.1 Å². The average Bonchev–Trinajstić information content (AvgIpc) is 2.84. The largest absolute Gasteiger partial charge is 0.481 e. The highest BCUT2D eigenvalue weighted by Gasteiger charge is 2.20. The number of rotatable bonds is 5. The lowest BCUT2D eigenvalue weighted by Gasteiger charge is -1.96. The van der Waals surface area contributed by atoms with Crippen molar-refractivity contribution in [2.24, 2.45) is 5.92 Å². The number of nitrogens with zero attached hydrogens (tertiary/aromatic N) is 3. The van der Waals surface area contributed by atoms with Gasteiger partial charge in [-0.2, -0.15) is 0 Å². The fourth-order valence-corrected chi connectivity index (χ4v) is 1.41. The summed E-state index contributed by atoms with van der Waals surface area (Å²) in [5, 5.41) is 16.2. The summed E-state index contributed by atoms with van der Waals surface area (Å²) in [7, 11) is 0. The molecule has 1 heterocycles. The van der Waals surface area contributed by atoms with Crippen molar-refractivity contribution in [2.75, 3.05) is 0 Å². The smallest absolute Gasteiger partial charge is 0.309 e. The van der Waals surface area contributed by atoms with E-state index < -0.39 is 5.97 Å². The topological polar surface area (TPSA) is 68.0 Å². The fraction of sp³-hybridized carbons (Fsp3) is 0.667. The van der Waals surface area contributed by atoms with Crippen molar-refractivity contribution in [3.8, 4) is 0 Å². The zero-order valence-corrected chi connectivity index (χ0v) is 7.89. The van der Waals surface area contributed by atoms with Gasteiger partial charge in [0.05, 0.1) is 12.1 Å². The molecule has 0 radical (unpaired) electrons. The van der Waals surface area contributed by atoms with Gasteiger partial charge in [0, 0.05) is 12.7 Å². The van der Waals surface area contributed by atoms with Gasteiger partial charge >= 0.3 is 5.97 Å². The SMILES string of the molecule is O=C(O)Cc1cn(CCC2CC2)nn1. The molecule has 0 spiro atoms. The summed E-state index contributed by atoms with van der Waals surface area (Å²) < 4.78 is 1.73. The Morgan fingerprint density at radius 3 is 3.07 bits per heavy atom. The molecule has 0 atom stereocenters. The number of hydrogen-bond donors (Lipinski definition) is 1. The lowest BCUT2D eigenvalue weighted by Crippen LogP contribution is -2.00. The van der Waals surface area contributed by atoms with E-state index in [0.29, 0.717) is 5.69 Å². The number of aliphatic carboxylic acids is 1. The Morgan fingerprint density at radius 1 is 1.64 bits per heavy atom. The van der Waals surface area contributed by atoms with Crippen LogP contribution in [0.2, 0.25) is 0 Å². The molecule has 0 aromatic carbocycles. The maximum absolute atomic E-state index is 10.4. The van der Waals surface area contributed by atoms with E-state index in [1.165, 1.54) is 12.8 Å². The third-order valence-electron chi connectivity index (χ3n) is 2.38. The standard InChI is InChI=1S/C9H13N3O2/c13-9(14)5-8-6-12(11-10-8)4-3-7-1-2-7/h6-7H,1-5H2,(H,13,14). The summed E-state index contributed by atoms with van der Waals surface area (Å²) in [4.78, 5) is 10.4. The quantitative estimate of drug-likeness (QED) is 0.751. The van der Waals surface area contributed by atoms with Gasteiger partial charge in [-0.15, -0.1) is 5.10 Å². The number of hydrogen-bond acceptors (Lipinski definition) is 3. The maximum atomic E-state index is 10.4. The monoisotopic (exact) mass is 195 g/mol. The van der Waals surface area contributed by atoms with Crippen molar-refractivity contribution in [3.05, 3.63) is 11.9 Å². The molecule has 0 bridgehead atoms. The molecule has 5 nitrogen and oxygen atoms in total. The molecule has 1 aromatic heterocycles. The van der Waals surface area contributed by atoms with Crippen LogP contribution < -0.4 is 0 Å². The highest BCUT2D eigenvalue weighted by Crippen LogP contribution is 2.32.